The zero-order valence-corrected chi connectivity index (χ0v) is 16.9. The Morgan fingerprint density at radius 3 is 2.65 bits per heavy atom. The molecule has 0 radical (unpaired) electrons. The van der Waals surface area contributed by atoms with Gasteiger partial charge in [0, 0.05) is 31.2 Å². The van der Waals surface area contributed by atoms with Gasteiger partial charge in [-0.05, 0) is 31.4 Å². The fourth-order valence-electron chi connectivity index (χ4n) is 3.32. The van der Waals surface area contributed by atoms with E-state index in [-0.39, 0.29) is 5.56 Å². The van der Waals surface area contributed by atoms with E-state index in [1.165, 1.54) is 11.3 Å². The van der Waals surface area contributed by atoms with E-state index in [1.54, 1.807) is 7.11 Å². The van der Waals surface area contributed by atoms with Gasteiger partial charge in [-0.3, -0.25) is 9.36 Å². The topological polar surface area (TPSA) is 57.0 Å². The van der Waals surface area contributed by atoms with Crippen LogP contribution in [0, 0.1) is 6.92 Å². The summed E-state index contributed by atoms with van der Waals surface area (Å²) in [5, 5.41) is 0.981. The SMILES string of the molecule is CCCCc1nc2c(sc3nc(C)cc(COC)c32)c(=O)n1CCCC. The van der Waals surface area contributed by atoms with E-state index in [1.807, 2.05) is 17.6 Å². The monoisotopic (exact) mass is 373 g/mol. The lowest BCUT2D eigenvalue weighted by molar-refractivity contribution is 0.186. The Kier molecular flexibility index (Phi) is 6.04. The first kappa shape index (κ1) is 19.0. The van der Waals surface area contributed by atoms with Crippen molar-refractivity contribution < 1.29 is 4.74 Å². The summed E-state index contributed by atoms with van der Waals surface area (Å²) in [5.41, 5.74) is 2.88. The molecule has 0 aromatic carbocycles. The largest absolute Gasteiger partial charge is 0.380 e. The van der Waals surface area contributed by atoms with E-state index in [2.05, 4.69) is 18.8 Å². The fraction of sp³-hybridized carbons (Fsp3) is 0.550. The lowest BCUT2D eigenvalue weighted by Gasteiger charge is -2.12. The number of fused-ring (bicyclic) bond motifs is 3. The molecule has 0 amide bonds. The van der Waals surface area contributed by atoms with Gasteiger partial charge in [-0.2, -0.15) is 0 Å². The van der Waals surface area contributed by atoms with Crippen LogP contribution in [0.25, 0.3) is 20.4 Å². The van der Waals surface area contributed by atoms with Crippen LogP contribution in [-0.2, 0) is 24.3 Å². The van der Waals surface area contributed by atoms with Gasteiger partial charge in [0.25, 0.3) is 5.56 Å². The van der Waals surface area contributed by atoms with Crippen LogP contribution < -0.4 is 5.56 Å². The van der Waals surface area contributed by atoms with Crippen molar-refractivity contribution in [3.8, 4) is 0 Å². The van der Waals surface area contributed by atoms with Crippen molar-refractivity contribution in [3.63, 3.8) is 0 Å². The zero-order chi connectivity index (χ0) is 18.7. The first-order valence-corrected chi connectivity index (χ1v) is 10.2. The second kappa shape index (κ2) is 8.27. The van der Waals surface area contributed by atoms with E-state index in [0.717, 1.165) is 71.5 Å². The van der Waals surface area contributed by atoms with Crippen LogP contribution in [0.1, 0.15) is 56.6 Å². The number of hydrogen-bond donors (Lipinski definition) is 0. The van der Waals surface area contributed by atoms with Crippen molar-refractivity contribution in [1.29, 1.82) is 0 Å². The Hall–Kier alpha value is -1.79. The van der Waals surface area contributed by atoms with Gasteiger partial charge in [-0.15, -0.1) is 11.3 Å². The normalized spacial score (nSPS) is 11.7. The van der Waals surface area contributed by atoms with Gasteiger partial charge in [0.15, 0.2) is 0 Å². The molecule has 3 rings (SSSR count). The number of unbranched alkanes of at least 4 members (excludes halogenated alkanes) is 2. The minimum atomic E-state index is 0.0820. The summed E-state index contributed by atoms with van der Waals surface area (Å²) in [6.07, 6.45) is 5.00. The molecule has 3 aromatic rings. The molecule has 0 aliphatic heterocycles. The molecule has 6 heteroatoms. The van der Waals surface area contributed by atoms with Gasteiger partial charge in [0.1, 0.15) is 15.4 Å². The third kappa shape index (κ3) is 3.53. The number of rotatable bonds is 8. The first-order chi connectivity index (χ1) is 12.6. The quantitative estimate of drug-likeness (QED) is 0.579. The van der Waals surface area contributed by atoms with Crippen LogP contribution in [0.5, 0.6) is 0 Å². The van der Waals surface area contributed by atoms with Crippen molar-refractivity contribution in [2.45, 2.75) is 66.0 Å². The van der Waals surface area contributed by atoms with Crippen LogP contribution >= 0.6 is 11.3 Å². The Labute approximate surface area is 158 Å². The van der Waals surface area contributed by atoms with Crippen LogP contribution in [0.3, 0.4) is 0 Å². The summed E-state index contributed by atoms with van der Waals surface area (Å²) in [4.78, 5) is 23.7. The smallest absolute Gasteiger partial charge is 0.271 e. The molecule has 0 atom stereocenters. The van der Waals surface area contributed by atoms with E-state index in [4.69, 9.17) is 9.72 Å². The minimum Gasteiger partial charge on any atom is -0.380 e. The highest BCUT2D eigenvalue weighted by molar-refractivity contribution is 7.25. The predicted octanol–water partition coefficient (Wildman–Crippen LogP) is 4.60. The highest BCUT2D eigenvalue weighted by Crippen LogP contribution is 2.33. The van der Waals surface area contributed by atoms with Gasteiger partial charge in [0.2, 0.25) is 0 Å². The van der Waals surface area contributed by atoms with E-state index >= 15 is 0 Å². The molecule has 0 spiro atoms. The average molecular weight is 374 g/mol. The molecule has 0 aliphatic rings. The third-order valence-electron chi connectivity index (χ3n) is 4.63. The molecule has 140 valence electrons. The summed E-state index contributed by atoms with van der Waals surface area (Å²) < 4.78 is 7.98. The second-order valence-electron chi connectivity index (χ2n) is 6.76. The molecule has 26 heavy (non-hydrogen) atoms. The summed E-state index contributed by atoms with van der Waals surface area (Å²) in [7, 11) is 1.69. The van der Waals surface area contributed by atoms with Crippen LogP contribution in [-0.4, -0.2) is 21.6 Å². The fourth-order valence-corrected chi connectivity index (χ4v) is 4.47. The van der Waals surface area contributed by atoms with Gasteiger partial charge >= 0.3 is 0 Å². The number of hydrogen-bond acceptors (Lipinski definition) is 5. The maximum Gasteiger partial charge on any atom is 0.271 e. The van der Waals surface area contributed by atoms with Gasteiger partial charge in [-0.25, -0.2) is 9.97 Å². The molecule has 3 aromatic heterocycles. The van der Waals surface area contributed by atoms with Crippen molar-refractivity contribution in [3.05, 3.63) is 33.5 Å². The molecule has 0 bridgehead atoms. The number of thiophene rings is 1. The molecule has 0 aliphatic carbocycles. The highest BCUT2D eigenvalue weighted by atomic mass is 32.1. The average Bonchev–Trinajstić information content (AvgIpc) is 2.98. The predicted molar refractivity (Wildman–Crippen MR) is 108 cm³/mol. The molecule has 5 nitrogen and oxygen atoms in total. The highest BCUT2D eigenvalue weighted by Gasteiger charge is 2.19. The number of aryl methyl sites for hydroxylation is 2. The minimum absolute atomic E-state index is 0.0820. The van der Waals surface area contributed by atoms with Crippen molar-refractivity contribution in [1.82, 2.24) is 14.5 Å². The number of pyridine rings is 1. The van der Waals surface area contributed by atoms with Crippen LogP contribution in [0.2, 0.25) is 0 Å². The number of nitrogens with zero attached hydrogens (tertiary/aromatic N) is 3. The summed E-state index contributed by atoms with van der Waals surface area (Å²) >= 11 is 1.46. The molecular weight excluding hydrogens is 346 g/mol. The molecule has 3 heterocycles. The molecular formula is C20H27N3O2S. The maximum atomic E-state index is 13.2. The lowest BCUT2D eigenvalue weighted by atomic mass is 10.1. The molecule has 0 N–H and O–H groups in total. The van der Waals surface area contributed by atoms with E-state index in [0.29, 0.717) is 11.3 Å². The Morgan fingerprint density at radius 1 is 1.19 bits per heavy atom. The van der Waals surface area contributed by atoms with E-state index < -0.39 is 0 Å². The summed E-state index contributed by atoms with van der Waals surface area (Å²) in [5.74, 6) is 0.904. The molecule has 0 unspecified atom stereocenters. The number of ether oxygens (including phenoxy) is 1. The number of methoxy groups -OCH3 is 1. The Balaban J connectivity index is 2.30. The maximum absolute atomic E-state index is 13.2. The lowest BCUT2D eigenvalue weighted by Crippen LogP contribution is -2.25. The zero-order valence-electron chi connectivity index (χ0n) is 16.1. The first-order valence-electron chi connectivity index (χ1n) is 9.42. The van der Waals surface area contributed by atoms with E-state index in [9.17, 15) is 4.79 Å². The van der Waals surface area contributed by atoms with Crippen molar-refractivity contribution in [2.75, 3.05) is 7.11 Å². The van der Waals surface area contributed by atoms with Gasteiger partial charge in [-0.1, -0.05) is 26.7 Å². The van der Waals surface area contributed by atoms with Crippen molar-refractivity contribution >= 4 is 31.8 Å². The summed E-state index contributed by atoms with van der Waals surface area (Å²) in [6, 6.07) is 2.04. The van der Waals surface area contributed by atoms with Crippen LogP contribution in [0.15, 0.2) is 10.9 Å². The molecule has 0 saturated carbocycles. The van der Waals surface area contributed by atoms with Gasteiger partial charge < -0.3 is 4.74 Å². The third-order valence-corrected chi connectivity index (χ3v) is 5.69. The van der Waals surface area contributed by atoms with Gasteiger partial charge in [0.05, 0.1) is 12.1 Å². The van der Waals surface area contributed by atoms with Crippen molar-refractivity contribution in [2.24, 2.45) is 0 Å². The standard InChI is InChI=1S/C20H27N3O2S/c1-5-7-9-15-22-17-16-14(12-25-4)11-13(3)21-19(16)26-18(17)20(24)23(15)10-8-6-2/h11H,5-10,12H2,1-4H3. The van der Waals surface area contributed by atoms with Crippen LogP contribution in [0.4, 0.5) is 0 Å². The molecule has 0 fully saturated rings. The second-order valence-corrected chi connectivity index (χ2v) is 7.76. The Bertz CT molecular complexity index is 975. The summed E-state index contributed by atoms with van der Waals surface area (Å²) in [6.45, 7) is 7.52. The number of aromatic nitrogens is 3. The Morgan fingerprint density at radius 2 is 1.96 bits per heavy atom. The molecule has 0 saturated heterocycles.